The van der Waals surface area contributed by atoms with Gasteiger partial charge in [-0.1, -0.05) is 18.6 Å². The van der Waals surface area contributed by atoms with Crippen LogP contribution in [-0.4, -0.2) is 38.1 Å². The van der Waals surface area contributed by atoms with Gasteiger partial charge in [0.1, 0.15) is 5.82 Å². The van der Waals surface area contributed by atoms with Crippen molar-refractivity contribution in [2.75, 3.05) is 26.3 Å². The molecule has 0 unspecified atom stereocenters. The molecule has 1 aromatic rings. The fourth-order valence-corrected chi connectivity index (χ4v) is 3.39. The zero-order valence-corrected chi connectivity index (χ0v) is 14.1. The third kappa shape index (κ3) is 3.87. The van der Waals surface area contributed by atoms with Crippen molar-refractivity contribution in [1.29, 1.82) is 0 Å². The Morgan fingerprint density at radius 2 is 1.83 bits per heavy atom. The molecule has 0 bridgehead atoms. The molecule has 3 rings (SSSR count). The Morgan fingerprint density at radius 3 is 2.42 bits per heavy atom. The summed E-state index contributed by atoms with van der Waals surface area (Å²) in [6, 6.07) is 6.42. The number of urea groups is 1. The first-order valence-electron chi connectivity index (χ1n) is 8.57. The van der Waals surface area contributed by atoms with Gasteiger partial charge in [-0.15, -0.1) is 0 Å². The van der Waals surface area contributed by atoms with Crippen LogP contribution >= 0.6 is 0 Å². The largest absolute Gasteiger partial charge is 0.348 e. The van der Waals surface area contributed by atoms with Gasteiger partial charge in [0.15, 0.2) is 5.79 Å². The van der Waals surface area contributed by atoms with Gasteiger partial charge < -0.3 is 20.1 Å². The van der Waals surface area contributed by atoms with Crippen LogP contribution in [0.5, 0.6) is 0 Å². The lowest BCUT2D eigenvalue weighted by atomic mass is 9.64. The molecule has 6 heteroatoms. The summed E-state index contributed by atoms with van der Waals surface area (Å²) in [6.07, 6.45) is 3.77. The summed E-state index contributed by atoms with van der Waals surface area (Å²) in [5.41, 5.74) is 1.03. The maximum atomic E-state index is 13.1. The molecule has 1 heterocycles. The van der Waals surface area contributed by atoms with Gasteiger partial charge in [-0.05, 0) is 37.5 Å². The maximum Gasteiger partial charge on any atom is 0.314 e. The minimum atomic E-state index is -0.587. The maximum absolute atomic E-state index is 13.1. The van der Waals surface area contributed by atoms with Gasteiger partial charge >= 0.3 is 6.03 Å². The molecule has 0 spiro atoms. The van der Waals surface area contributed by atoms with Crippen molar-refractivity contribution in [3.05, 3.63) is 35.6 Å². The van der Waals surface area contributed by atoms with E-state index in [1.807, 2.05) is 19.1 Å². The van der Waals surface area contributed by atoms with Gasteiger partial charge in [-0.2, -0.15) is 0 Å². The van der Waals surface area contributed by atoms with Gasteiger partial charge in [-0.25, -0.2) is 9.18 Å². The SMILES string of the molecule is CC1(CCNC(=O)NCC2(c3ccc(F)cc3)CCC2)OCCO1. The summed E-state index contributed by atoms with van der Waals surface area (Å²) >= 11 is 0. The van der Waals surface area contributed by atoms with Gasteiger partial charge in [0.2, 0.25) is 0 Å². The Morgan fingerprint density at radius 1 is 1.17 bits per heavy atom. The molecular formula is C18H25FN2O3. The fourth-order valence-electron chi connectivity index (χ4n) is 3.39. The van der Waals surface area contributed by atoms with Crippen molar-refractivity contribution in [3.8, 4) is 0 Å². The van der Waals surface area contributed by atoms with E-state index in [1.165, 1.54) is 12.1 Å². The third-order valence-electron chi connectivity index (χ3n) is 5.12. The highest BCUT2D eigenvalue weighted by molar-refractivity contribution is 5.74. The van der Waals surface area contributed by atoms with Crippen LogP contribution in [0.2, 0.25) is 0 Å². The van der Waals surface area contributed by atoms with Crippen molar-refractivity contribution in [2.45, 2.75) is 43.8 Å². The molecule has 1 saturated heterocycles. The monoisotopic (exact) mass is 336 g/mol. The lowest BCUT2D eigenvalue weighted by Crippen LogP contribution is -2.48. The predicted octanol–water partition coefficient (Wildman–Crippen LogP) is 2.70. The molecule has 24 heavy (non-hydrogen) atoms. The number of rotatable bonds is 6. The summed E-state index contributed by atoms with van der Waals surface area (Å²) in [5, 5.41) is 5.80. The van der Waals surface area contributed by atoms with E-state index in [9.17, 15) is 9.18 Å². The number of amides is 2. The minimum absolute atomic E-state index is 0.0608. The Kier molecular flexibility index (Phi) is 5.06. The van der Waals surface area contributed by atoms with Crippen molar-refractivity contribution in [1.82, 2.24) is 10.6 Å². The molecule has 1 aliphatic carbocycles. The van der Waals surface area contributed by atoms with E-state index in [2.05, 4.69) is 10.6 Å². The first kappa shape index (κ1) is 17.2. The molecule has 1 aliphatic heterocycles. The van der Waals surface area contributed by atoms with E-state index in [4.69, 9.17) is 9.47 Å². The quantitative estimate of drug-likeness (QED) is 0.840. The molecule has 0 atom stereocenters. The lowest BCUT2D eigenvalue weighted by Gasteiger charge is -2.42. The molecule has 132 valence electrons. The topological polar surface area (TPSA) is 59.6 Å². The molecule has 0 radical (unpaired) electrons. The number of benzene rings is 1. The highest BCUT2D eigenvalue weighted by Crippen LogP contribution is 2.43. The molecule has 2 aliphatic rings. The second-order valence-electron chi connectivity index (χ2n) is 6.83. The van der Waals surface area contributed by atoms with Crippen LogP contribution in [0.4, 0.5) is 9.18 Å². The van der Waals surface area contributed by atoms with Crippen molar-refractivity contribution in [2.24, 2.45) is 0 Å². The van der Waals surface area contributed by atoms with Crippen molar-refractivity contribution < 1.29 is 18.7 Å². The summed E-state index contributed by atoms with van der Waals surface area (Å²) in [4.78, 5) is 12.0. The van der Waals surface area contributed by atoms with Crippen LogP contribution in [0.1, 0.15) is 38.2 Å². The molecule has 5 nitrogen and oxygen atoms in total. The molecule has 0 aromatic heterocycles. The average molecular weight is 336 g/mol. The average Bonchev–Trinajstić information content (AvgIpc) is 2.94. The minimum Gasteiger partial charge on any atom is -0.348 e. The lowest BCUT2D eigenvalue weighted by molar-refractivity contribution is -0.145. The van der Waals surface area contributed by atoms with E-state index in [0.29, 0.717) is 32.7 Å². The Bertz CT molecular complexity index is 566. The first-order chi connectivity index (χ1) is 11.5. The zero-order chi connectivity index (χ0) is 17.0. The fraction of sp³-hybridized carbons (Fsp3) is 0.611. The predicted molar refractivity (Wildman–Crippen MR) is 88.3 cm³/mol. The van der Waals surface area contributed by atoms with Crippen LogP contribution < -0.4 is 10.6 Å². The summed E-state index contributed by atoms with van der Waals surface area (Å²) in [5.74, 6) is -0.819. The van der Waals surface area contributed by atoms with Gasteiger partial charge in [0.05, 0.1) is 13.2 Å². The number of hydrogen-bond donors (Lipinski definition) is 2. The van der Waals surface area contributed by atoms with E-state index in [0.717, 1.165) is 24.8 Å². The number of ether oxygens (including phenoxy) is 2. The van der Waals surface area contributed by atoms with Crippen molar-refractivity contribution in [3.63, 3.8) is 0 Å². The van der Waals surface area contributed by atoms with E-state index < -0.39 is 5.79 Å². The standard InChI is InChI=1S/C18H25FN2O3/c1-17(23-11-12-24-17)9-10-20-16(22)21-13-18(7-2-8-18)14-3-5-15(19)6-4-14/h3-6H,2,7-13H2,1H3,(H2,20,21,22). The number of carbonyl (C=O) groups is 1. The second kappa shape index (κ2) is 7.07. The van der Waals surface area contributed by atoms with E-state index in [1.54, 1.807) is 0 Å². The number of carbonyl (C=O) groups excluding carboxylic acids is 1. The molecule has 1 saturated carbocycles. The van der Waals surface area contributed by atoms with Crippen LogP contribution in [0.15, 0.2) is 24.3 Å². The van der Waals surface area contributed by atoms with Gasteiger partial charge in [0, 0.05) is 24.9 Å². The highest BCUT2D eigenvalue weighted by Gasteiger charge is 2.39. The smallest absolute Gasteiger partial charge is 0.314 e. The first-order valence-corrected chi connectivity index (χ1v) is 8.57. The summed E-state index contributed by atoms with van der Waals surface area (Å²) in [6.45, 7) is 4.14. The highest BCUT2D eigenvalue weighted by atomic mass is 19.1. The normalized spacial score (nSPS) is 21.1. The third-order valence-corrected chi connectivity index (χ3v) is 5.12. The van der Waals surface area contributed by atoms with E-state index in [-0.39, 0.29) is 17.3 Å². The molecular weight excluding hydrogens is 311 g/mol. The second-order valence-corrected chi connectivity index (χ2v) is 6.83. The van der Waals surface area contributed by atoms with Crippen LogP contribution in [0.3, 0.4) is 0 Å². The van der Waals surface area contributed by atoms with Crippen LogP contribution in [0, 0.1) is 5.82 Å². The Labute approximate surface area is 141 Å². The number of halogens is 1. The van der Waals surface area contributed by atoms with Gasteiger partial charge in [0.25, 0.3) is 0 Å². The van der Waals surface area contributed by atoms with Crippen LogP contribution in [0.25, 0.3) is 0 Å². The van der Waals surface area contributed by atoms with Gasteiger partial charge in [-0.3, -0.25) is 0 Å². The molecule has 1 aromatic carbocycles. The molecule has 2 fully saturated rings. The summed E-state index contributed by atoms with van der Waals surface area (Å²) in [7, 11) is 0. The number of hydrogen-bond acceptors (Lipinski definition) is 3. The van der Waals surface area contributed by atoms with E-state index >= 15 is 0 Å². The summed E-state index contributed by atoms with van der Waals surface area (Å²) < 4.78 is 24.1. The Hall–Kier alpha value is -1.66. The molecule has 2 N–H and O–H groups in total. The number of nitrogens with one attached hydrogen (secondary N) is 2. The molecule has 2 amide bonds. The van der Waals surface area contributed by atoms with Crippen molar-refractivity contribution >= 4 is 6.03 Å². The van der Waals surface area contributed by atoms with Crippen LogP contribution in [-0.2, 0) is 14.9 Å². The zero-order valence-electron chi connectivity index (χ0n) is 14.1. The Balaban J connectivity index is 1.45.